The number of hydrogen-bond donors (Lipinski definition) is 0. The average molecular weight is 315 g/mol. The van der Waals surface area contributed by atoms with Crippen LogP contribution in [0.15, 0.2) is 0 Å². The highest BCUT2D eigenvalue weighted by Crippen LogP contribution is 2.47. The maximum atomic E-state index is 9.43. The van der Waals surface area contributed by atoms with Gasteiger partial charge < -0.3 is 9.64 Å². The van der Waals surface area contributed by atoms with Crippen LogP contribution < -0.4 is 0 Å². The van der Waals surface area contributed by atoms with Crippen LogP contribution in [0, 0.1) is 5.92 Å². The maximum absolute atomic E-state index is 9.43. The molecule has 2 aliphatic rings. The molecule has 132 valence electrons. The molecule has 2 rings (SSSR count). The lowest BCUT2D eigenvalue weighted by molar-refractivity contribution is -0.115. The topological polar surface area (TPSA) is 32.8 Å². The zero-order valence-corrected chi connectivity index (χ0v) is 15.9. The fraction of sp³-hybridized carbons (Fsp3) is 0.944. The molecule has 0 aromatic carbocycles. The molecular weight excluding hydrogens is 276 g/mol. The molecule has 2 aliphatic heterocycles. The van der Waals surface area contributed by atoms with E-state index in [1.165, 1.54) is 43.5 Å². The van der Waals surface area contributed by atoms with Crippen LogP contribution in [-0.2, 0) is 9.53 Å². The summed E-state index contributed by atoms with van der Waals surface area (Å²) in [6.07, 6.45) is 7.62. The first-order chi connectivity index (χ1) is 10.5. The molecule has 2 fully saturated rings. The third kappa shape index (κ3) is 5.24. The maximum Gasteiger partial charge on any atom is 0.209 e. The lowest BCUT2D eigenvalue weighted by Crippen LogP contribution is -2.47. The molecule has 2 heterocycles. The molecule has 0 aliphatic carbocycles. The van der Waals surface area contributed by atoms with Gasteiger partial charge in [0.05, 0.1) is 6.61 Å². The van der Waals surface area contributed by atoms with E-state index in [9.17, 15) is 4.79 Å². The van der Waals surface area contributed by atoms with Crippen LogP contribution in [0.5, 0.6) is 0 Å². The first-order valence-electron chi connectivity index (χ1n) is 8.89. The normalized spacial score (nSPS) is 27.9. The van der Waals surface area contributed by atoms with Gasteiger partial charge in [0.15, 0.2) is 0 Å². The Labute approximate surface area is 138 Å². The first-order valence-corrected chi connectivity index (χ1v) is 8.89. The molecule has 2 saturated heterocycles. The van der Waals surface area contributed by atoms with Crippen LogP contribution in [-0.4, -0.2) is 62.1 Å². The van der Waals surface area contributed by atoms with Gasteiger partial charge in [0.1, 0.15) is 0 Å². The van der Waals surface area contributed by atoms with Crippen molar-refractivity contribution in [2.45, 2.75) is 71.4 Å². The van der Waals surface area contributed by atoms with Crippen LogP contribution in [0.4, 0.5) is 0 Å². The number of rotatable bonds is 5. The summed E-state index contributed by atoms with van der Waals surface area (Å²) in [7, 11) is 5.21. The van der Waals surface area contributed by atoms with E-state index in [-0.39, 0.29) is 0 Å². The quantitative estimate of drug-likeness (QED) is 0.729. The molecule has 3 atom stereocenters. The smallest absolute Gasteiger partial charge is 0.209 e. The third-order valence-corrected chi connectivity index (χ3v) is 5.03. The van der Waals surface area contributed by atoms with E-state index in [1.54, 1.807) is 14.1 Å². The van der Waals surface area contributed by atoms with Gasteiger partial charge >= 0.3 is 0 Å². The number of nitrogens with zero attached hydrogens (tertiary/aromatic N) is 2. The zero-order chi connectivity index (χ0) is 17.2. The minimum atomic E-state index is 0.540. The Morgan fingerprint density at radius 1 is 1.36 bits per heavy atom. The van der Waals surface area contributed by atoms with Crippen LogP contribution in [0.3, 0.4) is 0 Å². The summed E-state index contributed by atoms with van der Waals surface area (Å²) in [5, 5.41) is 0. The van der Waals surface area contributed by atoms with Gasteiger partial charge in [-0.05, 0) is 38.1 Å². The van der Waals surface area contributed by atoms with E-state index in [0.717, 1.165) is 18.9 Å². The van der Waals surface area contributed by atoms with Crippen molar-refractivity contribution < 1.29 is 9.53 Å². The number of methoxy groups -OCH3 is 1. The van der Waals surface area contributed by atoms with Crippen LogP contribution in [0.1, 0.15) is 59.8 Å². The van der Waals surface area contributed by atoms with Crippen molar-refractivity contribution in [1.82, 2.24) is 9.80 Å². The molecule has 0 saturated carbocycles. The Bertz CT molecular complexity index is 297. The lowest BCUT2D eigenvalue weighted by Gasteiger charge is -2.39. The van der Waals surface area contributed by atoms with Gasteiger partial charge in [0.2, 0.25) is 6.41 Å². The van der Waals surface area contributed by atoms with Gasteiger partial charge in [-0.3, -0.25) is 9.69 Å². The Hall–Kier alpha value is -0.610. The monoisotopic (exact) mass is 314 g/mol. The van der Waals surface area contributed by atoms with Gasteiger partial charge in [-0.15, -0.1) is 0 Å². The van der Waals surface area contributed by atoms with Crippen LogP contribution >= 0.6 is 0 Å². The molecule has 0 bridgehead atoms. The summed E-state index contributed by atoms with van der Waals surface area (Å²) in [6.45, 7) is 11.0. The minimum Gasteiger partial charge on any atom is -0.383 e. The number of ether oxygens (including phenoxy) is 1. The van der Waals surface area contributed by atoms with Gasteiger partial charge in [-0.25, -0.2) is 0 Å². The third-order valence-electron chi connectivity index (χ3n) is 5.03. The van der Waals surface area contributed by atoms with E-state index < -0.39 is 0 Å². The molecular formula is C18H38N2O2. The summed E-state index contributed by atoms with van der Waals surface area (Å²) < 4.78 is 5.35. The average Bonchev–Trinajstić information content (AvgIpc) is 3.11. The second-order valence-electron chi connectivity index (χ2n) is 6.43. The molecule has 3 unspecified atom stereocenters. The number of fused-ring (bicyclic) bond motifs is 1. The number of amides is 1. The van der Waals surface area contributed by atoms with Gasteiger partial charge in [-0.1, -0.05) is 34.1 Å². The lowest BCUT2D eigenvalue weighted by atomic mass is 9.80. The van der Waals surface area contributed by atoms with Crippen molar-refractivity contribution in [3.8, 4) is 0 Å². The standard InChI is InChI=1S/C13H25NO.C3H7NO.C2H6/c1-4-11(2)13-7-5-9-14(13)12(6-8-13)10-15-3;1-4(2)3-5;1-2/h11-12H,4-10H2,1-3H3;3H,1-2H3;1-2H3. The molecule has 0 aromatic heterocycles. The van der Waals surface area contributed by atoms with E-state index in [2.05, 4.69) is 18.7 Å². The Morgan fingerprint density at radius 3 is 2.41 bits per heavy atom. The number of carbonyl (C=O) groups is 1. The Balaban J connectivity index is 0.000000540. The van der Waals surface area contributed by atoms with Crippen molar-refractivity contribution in [1.29, 1.82) is 0 Å². The SMILES string of the molecule is CC.CCC(C)C12CCCN1C(COC)CC2.CN(C)C=O. The first kappa shape index (κ1) is 21.4. The fourth-order valence-corrected chi connectivity index (χ4v) is 3.83. The van der Waals surface area contributed by atoms with Crippen molar-refractivity contribution >= 4 is 6.41 Å². The van der Waals surface area contributed by atoms with E-state index >= 15 is 0 Å². The summed E-state index contributed by atoms with van der Waals surface area (Å²) >= 11 is 0. The van der Waals surface area contributed by atoms with Crippen molar-refractivity contribution in [2.75, 3.05) is 34.4 Å². The van der Waals surface area contributed by atoms with Crippen molar-refractivity contribution in [3.63, 3.8) is 0 Å². The number of carbonyl (C=O) groups excluding carboxylic acids is 1. The van der Waals surface area contributed by atoms with Crippen molar-refractivity contribution in [2.24, 2.45) is 5.92 Å². The molecule has 0 aromatic rings. The zero-order valence-electron chi connectivity index (χ0n) is 15.9. The van der Waals surface area contributed by atoms with E-state index in [0.29, 0.717) is 11.6 Å². The summed E-state index contributed by atoms with van der Waals surface area (Å²) in [5.41, 5.74) is 0.540. The van der Waals surface area contributed by atoms with E-state index in [1.807, 2.05) is 21.0 Å². The molecule has 22 heavy (non-hydrogen) atoms. The van der Waals surface area contributed by atoms with Gasteiger partial charge in [0, 0.05) is 32.8 Å². The highest BCUT2D eigenvalue weighted by molar-refractivity contribution is 5.45. The Kier molecular flexibility index (Phi) is 10.7. The van der Waals surface area contributed by atoms with Crippen molar-refractivity contribution in [3.05, 3.63) is 0 Å². The molecule has 4 heteroatoms. The van der Waals surface area contributed by atoms with E-state index in [4.69, 9.17) is 4.74 Å². The highest BCUT2D eigenvalue weighted by Gasteiger charge is 2.51. The molecule has 1 amide bonds. The molecule has 4 nitrogen and oxygen atoms in total. The largest absolute Gasteiger partial charge is 0.383 e. The fourth-order valence-electron chi connectivity index (χ4n) is 3.83. The summed E-state index contributed by atoms with van der Waals surface area (Å²) in [5.74, 6) is 0.849. The summed E-state index contributed by atoms with van der Waals surface area (Å²) in [6, 6.07) is 0.700. The Morgan fingerprint density at radius 2 is 1.95 bits per heavy atom. The highest BCUT2D eigenvalue weighted by atomic mass is 16.5. The van der Waals surface area contributed by atoms with Crippen LogP contribution in [0.2, 0.25) is 0 Å². The van der Waals surface area contributed by atoms with Gasteiger partial charge in [0.25, 0.3) is 0 Å². The number of hydrogen-bond acceptors (Lipinski definition) is 3. The molecule has 0 radical (unpaired) electrons. The second-order valence-corrected chi connectivity index (χ2v) is 6.43. The molecule has 0 N–H and O–H groups in total. The summed E-state index contributed by atoms with van der Waals surface area (Å²) in [4.78, 5) is 13.6. The minimum absolute atomic E-state index is 0.540. The molecule has 0 spiro atoms. The second kappa shape index (κ2) is 11.0. The van der Waals surface area contributed by atoms with Gasteiger partial charge in [-0.2, -0.15) is 0 Å². The predicted octanol–water partition coefficient (Wildman–Crippen LogP) is 3.41. The van der Waals surface area contributed by atoms with Crippen LogP contribution in [0.25, 0.3) is 0 Å². The predicted molar refractivity (Wildman–Crippen MR) is 94.1 cm³/mol.